The van der Waals surface area contributed by atoms with Gasteiger partial charge in [-0.2, -0.15) is 0 Å². The maximum atomic E-state index is 13.2. The van der Waals surface area contributed by atoms with Gasteiger partial charge in [0, 0.05) is 5.69 Å². The van der Waals surface area contributed by atoms with E-state index < -0.39 is 17.5 Å². The van der Waals surface area contributed by atoms with Crippen molar-refractivity contribution in [3.05, 3.63) is 53.8 Å². The summed E-state index contributed by atoms with van der Waals surface area (Å²) in [5.41, 5.74) is 1.02. The van der Waals surface area contributed by atoms with Gasteiger partial charge in [0.15, 0.2) is 0 Å². The van der Waals surface area contributed by atoms with Crippen LogP contribution in [-0.4, -0.2) is 18.8 Å². The largest absolute Gasteiger partial charge is 0.497 e. The normalized spacial score (nSPS) is 13.6. The van der Waals surface area contributed by atoms with Crippen molar-refractivity contribution in [2.24, 2.45) is 0 Å². The van der Waals surface area contributed by atoms with Gasteiger partial charge in [-0.15, -0.1) is 0 Å². The van der Waals surface area contributed by atoms with Crippen LogP contribution in [0.4, 0.5) is 15.8 Å². The molecule has 1 aliphatic heterocycles. The number of hydrogen-bond donors (Lipinski definition) is 0. The van der Waals surface area contributed by atoms with Gasteiger partial charge in [-0.3, -0.25) is 14.5 Å². The van der Waals surface area contributed by atoms with E-state index in [2.05, 4.69) is 0 Å². The van der Waals surface area contributed by atoms with E-state index in [-0.39, 0.29) is 5.56 Å². The van der Waals surface area contributed by atoms with Crippen LogP contribution in [0.2, 0.25) is 0 Å². The summed E-state index contributed by atoms with van der Waals surface area (Å²) in [5, 5.41) is 0. The van der Waals surface area contributed by atoms with Crippen LogP contribution in [0.5, 0.6) is 5.75 Å². The molecule has 2 aromatic rings. The Kier molecular flexibility index (Phi) is 2.75. The van der Waals surface area contributed by atoms with E-state index in [1.165, 1.54) is 24.1 Å². The van der Waals surface area contributed by atoms with Gasteiger partial charge >= 0.3 is 5.91 Å². The Morgan fingerprint density at radius 1 is 1.05 bits per heavy atom. The fourth-order valence-electron chi connectivity index (χ4n) is 2.20. The third-order valence-electron chi connectivity index (χ3n) is 3.17. The number of rotatable bonds is 2. The molecule has 3 rings (SSSR count). The Balaban J connectivity index is 2.10. The lowest BCUT2D eigenvalue weighted by molar-refractivity contribution is -0.113. The quantitative estimate of drug-likeness (QED) is 0.789. The summed E-state index contributed by atoms with van der Waals surface area (Å²) in [6.07, 6.45) is 0. The Morgan fingerprint density at radius 2 is 1.75 bits per heavy atom. The first kappa shape index (κ1) is 12.3. The Hall–Kier alpha value is -2.69. The lowest BCUT2D eigenvalue weighted by Crippen LogP contribution is -2.24. The number of carbonyl (C=O) groups is 2. The van der Waals surface area contributed by atoms with Crippen molar-refractivity contribution in [1.29, 1.82) is 0 Å². The van der Waals surface area contributed by atoms with Crippen LogP contribution in [-0.2, 0) is 4.79 Å². The molecule has 0 saturated carbocycles. The minimum Gasteiger partial charge on any atom is -0.497 e. The molecule has 1 aliphatic rings. The van der Waals surface area contributed by atoms with Crippen molar-refractivity contribution < 1.29 is 18.7 Å². The summed E-state index contributed by atoms with van der Waals surface area (Å²) >= 11 is 0. The van der Waals surface area contributed by atoms with Gasteiger partial charge in [0.2, 0.25) is 0 Å². The zero-order valence-electron chi connectivity index (χ0n) is 10.6. The highest BCUT2D eigenvalue weighted by molar-refractivity contribution is 6.53. The van der Waals surface area contributed by atoms with Crippen LogP contribution in [0, 0.1) is 5.82 Å². The van der Waals surface area contributed by atoms with Crippen LogP contribution in [0.25, 0.3) is 0 Å². The van der Waals surface area contributed by atoms with Crippen LogP contribution in [0.15, 0.2) is 42.5 Å². The molecule has 100 valence electrons. The summed E-state index contributed by atoms with van der Waals surface area (Å²) in [6.45, 7) is 0. The van der Waals surface area contributed by atoms with Gasteiger partial charge in [0.05, 0.1) is 18.4 Å². The summed E-state index contributed by atoms with van der Waals surface area (Å²) in [6, 6.07) is 10.5. The smallest absolute Gasteiger partial charge is 0.304 e. The molecule has 0 aliphatic carbocycles. The zero-order valence-corrected chi connectivity index (χ0v) is 10.6. The molecule has 0 unspecified atom stereocenters. The third-order valence-corrected chi connectivity index (χ3v) is 3.17. The zero-order chi connectivity index (χ0) is 14.3. The predicted octanol–water partition coefficient (Wildman–Crippen LogP) is 2.70. The van der Waals surface area contributed by atoms with Crippen molar-refractivity contribution >= 4 is 23.1 Å². The molecule has 0 spiro atoms. The van der Waals surface area contributed by atoms with Gasteiger partial charge in [0.25, 0.3) is 5.78 Å². The number of nitrogens with zero attached hydrogens (tertiary/aromatic N) is 1. The molecule has 20 heavy (non-hydrogen) atoms. The molecule has 4 nitrogen and oxygen atoms in total. The molecule has 0 atom stereocenters. The first-order valence-corrected chi connectivity index (χ1v) is 5.94. The van der Waals surface area contributed by atoms with E-state index in [4.69, 9.17) is 4.74 Å². The van der Waals surface area contributed by atoms with Gasteiger partial charge in [-0.05, 0) is 42.5 Å². The second kappa shape index (κ2) is 4.45. The Bertz CT molecular complexity index is 710. The van der Waals surface area contributed by atoms with Gasteiger partial charge in [-0.25, -0.2) is 4.39 Å². The van der Waals surface area contributed by atoms with Crippen LogP contribution < -0.4 is 9.64 Å². The molecule has 0 radical (unpaired) electrons. The summed E-state index contributed by atoms with van der Waals surface area (Å²) in [7, 11) is 1.54. The number of methoxy groups -OCH3 is 1. The number of amides is 1. The van der Waals surface area contributed by atoms with E-state index in [9.17, 15) is 14.0 Å². The highest BCUT2D eigenvalue weighted by Gasteiger charge is 2.37. The van der Waals surface area contributed by atoms with Gasteiger partial charge < -0.3 is 4.74 Å². The molecule has 0 saturated heterocycles. The molecule has 1 amide bonds. The second-order valence-electron chi connectivity index (χ2n) is 4.33. The van der Waals surface area contributed by atoms with Crippen molar-refractivity contribution in [1.82, 2.24) is 0 Å². The Morgan fingerprint density at radius 3 is 2.40 bits per heavy atom. The molecule has 0 N–H and O–H groups in total. The number of anilines is 2. The van der Waals surface area contributed by atoms with E-state index in [0.29, 0.717) is 17.1 Å². The number of ether oxygens (including phenoxy) is 1. The standard InChI is InChI=1S/C15H10FNO3/c1-20-11-5-3-10(4-6-11)17-13-7-2-9(16)8-12(13)14(18)15(17)19/h2-8H,1H3. The Labute approximate surface area is 114 Å². The second-order valence-corrected chi connectivity index (χ2v) is 4.33. The maximum absolute atomic E-state index is 13.2. The third kappa shape index (κ3) is 1.75. The van der Waals surface area contributed by atoms with E-state index in [0.717, 1.165) is 6.07 Å². The number of hydrogen-bond acceptors (Lipinski definition) is 3. The molecule has 1 heterocycles. The molecule has 0 bridgehead atoms. The minimum atomic E-state index is -0.699. The lowest BCUT2D eigenvalue weighted by atomic mass is 10.1. The molecule has 2 aromatic carbocycles. The van der Waals surface area contributed by atoms with Crippen LogP contribution in [0.1, 0.15) is 10.4 Å². The van der Waals surface area contributed by atoms with E-state index >= 15 is 0 Å². The highest BCUT2D eigenvalue weighted by atomic mass is 19.1. The maximum Gasteiger partial charge on any atom is 0.304 e. The summed E-state index contributed by atoms with van der Waals surface area (Å²) in [5.74, 6) is -1.28. The first-order chi connectivity index (χ1) is 9.61. The molecular formula is C15H10FNO3. The average molecular weight is 271 g/mol. The number of benzene rings is 2. The monoisotopic (exact) mass is 271 g/mol. The molecule has 5 heteroatoms. The SMILES string of the molecule is COc1ccc(N2C(=O)C(=O)c3cc(F)ccc32)cc1. The predicted molar refractivity (Wildman–Crippen MR) is 70.9 cm³/mol. The van der Waals surface area contributed by atoms with E-state index in [1.807, 2.05) is 0 Å². The summed E-state index contributed by atoms with van der Waals surface area (Å²) < 4.78 is 18.2. The van der Waals surface area contributed by atoms with Crippen LogP contribution in [0.3, 0.4) is 0 Å². The number of halogens is 1. The number of Topliss-reactive ketones (excluding diaryl/α,β-unsaturated/α-hetero) is 1. The number of ketones is 1. The molecule has 0 aromatic heterocycles. The van der Waals surface area contributed by atoms with Gasteiger partial charge in [-0.1, -0.05) is 0 Å². The average Bonchev–Trinajstić information content (AvgIpc) is 2.71. The number of fused-ring (bicyclic) bond motifs is 1. The van der Waals surface area contributed by atoms with Crippen molar-refractivity contribution in [2.45, 2.75) is 0 Å². The highest BCUT2D eigenvalue weighted by Crippen LogP contribution is 2.36. The fraction of sp³-hybridized carbons (Fsp3) is 0.0667. The van der Waals surface area contributed by atoms with Crippen molar-refractivity contribution in [3.63, 3.8) is 0 Å². The summed E-state index contributed by atoms with van der Waals surface area (Å²) in [4.78, 5) is 25.2. The van der Waals surface area contributed by atoms with Crippen LogP contribution >= 0.6 is 0 Å². The van der Waals surface area contributed by atoms with Crippen molar-refractivity contribution in [3.8, 4) is 5.75 Å². The molecular weight excluding hydrogens is 261 g/mol. The minimum absolute atomic E-state index is 0.0887. The van der Waals surface area contributed by atoms with E-state index in [1.54, 1.807) is 24.3 Å². The topological polar surface area (TPSA) is 46.6 Å². The fourth-order valence-corrected chi connectivity index (χ4v) is 2.20. The first-order valence-electron chi connectivity index (χ1n) is 5.94. The van der Waals surface area contributed by atoms with Gasteiger partial charge in [0.1, 0.15) is 11.6 Å². The number of carbonyl (C=O) groups excluding carboxylic acids is 2. The van der Waals surface area contributed by atoms with Crippen molar-refractivity contribution in [2.75, 3.05) is 12.0 Å². The lowest BCUT2D eigenvalue weighted by Gasteiger charge is -2.16. The molecule has 0 fully saturated rings.